The van der Waals surface area contributed by atoms with E-state index in [1.165, 1.54) is 0 Å². The van der Waals surface area contributed by atoms with E-state index in [9.17, 15) is 5.11 Å². The first-order chi connectivity index (χ1) is 9.26. The lowest BCUT2D eigenvalue weighted by Gasteiger charge is -2.03. The van der Waals surface area contributed by atoms with E-state index in [1.807, 2.05) is 0 Å². The van der Waals surface area contributed by atoms with Crippen LogP contribution in [0.15, 0.2) is 42.7 Å². The minimum atomic E-state index is -0.0680. The van der Waals surface area contributed by atoms with Crippen LogP contribution in [0, 0.1) is 0 Å². The summed E-state index contributed by atoms with van der Waals surface area (Å²) in [5.41, 5.74) is 2.89. The third-order valence-electron chi connectivity index (χ3n) is 2.80. The average Bonchev–Trinajstić information content (AvgIpc) is 2.47. The number of hydrogen-bond donors (Lipinski definition) is 2. The molecule has 0 saturated heterocycles. The van der Waals surface area contributed by atoms with Crippen molar-refractivity contribution in [2.45, 2.75) is 6.61 Å². The topological polar surface area (TPSA) is 79.1 Å². The summed E-state index contributed by atoms with van der Waals surface area (Å²) in [6.45, 7) is -0.0680. The standard InChI is InChI=1S/C14H11N3O2/c18-8-9-5-12-13(15-6-9)7-16-14(17-12)10-1-3-11(19)4-2-10/h1-7,18-19H,8H2. The van der Waals surface area contributed by atoms with E-state index in [2.05, 4.69) is 15.0 Å². The van der Waals surface area contributed by atoms with Gasteiger partial charge in [-0.15, -0.1) is 0 Å². The Labute approximate surface area is 109 Å². The number of phenols is 1. The van der Waals surface area contributed by atoms with Gasteiger partial charge in [0.25, 0.3) is 0 Å². The highest BCUT2D eigenvalue weighted by atomic mass is 16.3. The second kappa shape index (κ2) is 4.62. The molecule has 0 atom stereocenters. The van der Waals surface area contributed by atoms with Crippen molar-refractivity contribution in [3.05, 3.63) is 48.3 Å². The molecule has 3 aromatic rings. The summed E-state index contributed by atoms with van der Waals surface area (Å²) in [6.07, 6.45) is 3.25. The number of nitrogens with zero attached hydrogens (tertiary/aromatic N) is 3. The first-order valence-electron chi connectivity index (χ1n) is 5.78. The molecule has 0 aliphatic heterocycles. The Kier molecular flexibility index (Phi) is 2.81. The molecular weight excluding hydrogens is 242 g/mol. The molecule has 0 aliphatic rings. The van der Waals surface area contributed by atoms with Gasteiger partial charge in [0.1, 0.15) is 11.3 Å². The largest absolute Gasteiger partial charge is 0.508 e. The lowest BCUT2D eigenvalue weighted by Crippen LogP contribution is -1.93. The molecule has 0 aliphatic carbocycles. The number of rotatable bonds is 2. The maximum absolute atomic E-state index is 9.27. The van der Waals surface area contributed by atoms with Crippen molar-refractivity contribution < 1.29 is 10.2 Å². The number of aromatic hydroxyl groups is 1. The van der Waals surface area contributed by atoms with Crippen molar-refractivity contribution in [1.82, 2.24) is 15.0 Å². The fourth-order valence-electron chi connectivity index (χ4n) is 1.80. The molecule has 19 heavy (non-hydrogen) atoms. The molecule has 94 valence electrons. The van der Waals surface area contributed by atoms with E-state index in [0.717, 1.165) is 5.56 Å². The number of benzene rings is 1. The van der Waals surface area contributed by atoms with Crippen LogP contribution in [-0.4, -0.2) is 25.2 Å². The van der Waals surface area contributed by atoms with Crippen molar-refractivity contribution in [2.24, 2.45) is 0 Å². The van der Waals surface area contributed by atoms with Crippen molar-refractivity contribution in [1.29, 1.82) is 0 Å². The summed E-state index contributed by atoms with van der Waals surface area (Å²) in [7, 11) is 0. The van der Waals surface area contributed by atoms with Crippen molar-refractivity contribution >= 4 is 11.0 Å². The SMILES string of the molecule is OCc1cnc2cnc(-c3ccc(O)cc3)nc2c1. The maximum atomic E-state index is 9.27. The van der Waals surface area contributed by atoms with Gasteiger partial charge >= 0.3 is 0 Å². The molecule has 2 aromatic heterocycles. The smallest absolute Gasteiger partial charge is 0.159 e. The summed E-state index contributed by atoms with van der Waals surface area (Å²) in [5.74, 6) is 0.762. The van der Waals surface area contributed by atoms with Crippen LogP contribution < -0.4 is 0 Å². The van der Waals surface area contributed by atoms with Gasteiger partial charge in [-0.2, -0.15) is 0 Å². The van der Waals surface area contributed by atoms with Crippen molar-refractivity contribution in [2.75, 3.05) is 0 Å². The molecule has 0 saturated carbocycles. The van der Waals surface area contributed by atoms with Gasteiger partial charge in [0, 0.05) is 11.8 Å². The molecule has 0 fully saturated rings. The quantitative estimate of drug-likeness (QED) is 0.729. The lowest BCUT2D eigenvalue weighted by molar-refractivity contribution is 0.281. The zero-order chi connectivity index (χ0) is 13.2. The summed E-state index contributed by atoms with van der Waals surface area (Å²) < 4.78 is 0. The maximum Gasteiger partial charge on any atom is 0.159 e. The molecule has 5 nitrogen and oxygen atoms in total. The van der Waals surface area contributed by atoms with Crippen LogP contribution in [0.5, 0.6) is 5.75 Å². The first kappa shape index (κ1) is 11.6. The van der Waals surface area contributed by atoms with Gasteiger partial charge in [-0.3, -0.25) is 4.98 Å². The lowest BCUT2D eigenvalue weighted by atomic mass is 10.2. The number of aromatic nitrogens is 3. The molecule has 0 radical (unpaired) electrons. The minimum Gasteiger partial charge on any atom is -0.508 e. The van der Waals surface area contributed by atoms with E-state index in [-0.39, 0.29) is 12.4 Å². The number of fused-ring (bicyclic) bond motifs is 1. The van der Waals surface area contributed by atoms with Crippen LogP contribution in [0.1, 0.15) is 5.56 Å². The van der Waals surface area contributed by atoms with Gasteiger partial charge in [0.2, 0.25) is 0 Å². The molecule has 0 bridgehead atoms. The normalized spacial score (nSPS) is 10.8. The van der Waals surface area contributed by atoms with Crippen LogP contribution in [0.4, 0.5) is 0 Å². The zero-order valence-corrected chi connectivity index (χ0v) is 9.98. The van der Waals surface area contributed by atoms with Gasteiger partial charge in [0.15, 0.2) is 5.82 Å². The Morgan fingerprint density at radius 1 is 0.947 bits per heavy atom. The second-order valence-electron chi connectivity index (χ2n) is 4.15. The van der Waals surface area contributed by atoms with Crippen LogP contribution >= 0.6 is 0 Å². The highest BCUT2D eigenvalue weighted by Crippen LogP contribution is 2.20. The number of aliphatic hydroxyl groups is 1. The van der Waals surface area contributed by atoms with Gasteiger partial charge in [-0.25, -0.2) is 9.97 Å². The molecule has 3 rings (SSSR count). The van der Waals surface area contributed by atoms with Gasteiger partial charge in [-0.1, -0.05) is 0 Å². The summed E-state index contributed by atoms with van der Waals surface area (Å²) in [5, 5.41) is 18.4. The molecule has 2 N–H and O–H groups in total. The Hall–Kier alpha value is -2.53. The molecule has 0 amide bonds. The van der Waals surface area contributed by atoms with Gasteiger partial charge in [-0.05, 0) is 35.9 Å². The Bertz CT molecular complexity index is 726. The highest BCUT2D eigenvalue weighted by molar-refractivity contribution is 5.76. The number of phenolic OH excluding ortho intramolecular Hbond substituents is 1. The number of hydrogen-bond acceptors (Lipinski definition) is 5. The predicted octanol–water partition coefficient (Wildman–Crippen LogP) is 1.89. The number of pyridine rings is 1. The van der Waals surface area contributed by atoms with E-state index >= 15 is 0 Å². The van der Waals surface area contributed by atoms with Crippen molar-refractivity contribution in [3.63, 3.8) is 0 Å². The molecule has 1 aromatic carbocycles. The van der Waals surface area contributed by atoms with E-state index in [0.29, 0.717) is 22.4 Å². The minimum absolute atomic E-state index is 0.0680. The van der Waals surface area contributed by atoms with Crippen LogP contribution in [0.2, 0.25) is 0 Å². The Balaban J connectivity index is 2.12. The third kappa shape index (κ3) is 2.23. The molecule has 2 heterocycles. The molecular formula is C14H11N3O2. The first-order valence-corrected chi connectivity index (χ1v) is 5.78. The highest BCUT2D eigenvalue weighted by Gasteiger charge is 2.05. The Morgan fingerprint density at radius 2 is 1.74 bits per heavy atom. The fourth-order valence-corrected chi connectivity index (χ4v) is 1.80. The summed E-state index contributed by atoms with van der Waals surface area (Å²) in [6, 6.07) is 8.46. The number of aliphatic hydroxyl groups excluding tert-OH is 1. The fraction of sp³-hybridized carbons (Fsp3) is 0.0714. The average molecular weight is 253 g/mol. The molecule has 5 heteroatoms. The third-order valence-corrected chi connectivity index (χ3v) is 2.80. The van der Waals surface area contributed by atoms with E-state index in [4.69, 9.17) is 5.11 Å². The van der Waals surface area contributed by atoms with Crippen LogP contribution in [0.25, 0.3) is 22.4 Å². The van der Waals surface area contributed by atoms with Crippen molar-refractivity contribution in [3.8, 4) is 17.1 Å². The summed E-state index contributed by atoms with van der Waals surface area (Å²) >= 11 is 0. The zero-order valence-electron chi connectivity index (χ0n) is 9.98. The second-order valence-corrected chi connectivity index (χ2v) is 4.15. The van der Waals surface area contributed by atoms with E-state index in [1.54, 1.807) is 42.7 Å². The van der Waals surface area contributed by atoms with Gasteiger partial charge < -0.3 is 10.2 Å². The Morgan fingerprint density at radius 3 is 2.47 bits per heavy atom. The summed E-state index contributed by atoms with van der Waals surface area (Å²) in [4.78, 5) is 12.8. The van der Waals surface area contributed by atoms with Crippen LogP contribution in [0.3, 0.4) is 0 Å². The predicted molar refractivity (Wildman–Crippen MR) is 70.4 cm³/mol. The molecule has 0 spiro atoms. The monoisotopic (exact) mass is 253 g/mol. The van der Waals surface area contributed by atoms with Gasteiger partial charge in [0.05, 0.1) is 18.3 Å². The molecule has 0 unspecified atom stereocenters. The van der Waals surface area contributed by atoms with Crippen LogP contribution in [-0.2, 0) is 6.61 Å². The van der Waals surface area contributed by atoms with E-state index < -0.39 is 0 Å².